The minimum Gasteiger partial charge on any atom is -0.368 e. The predicted octanol–water partition coefficient (Wildman–Crippen LogP) is 2.94. The Bertz CT molecular complexity index is 937. The van der Waals surface area contributed by atoms with Gasteiger partial charge in [0.05, 0.1) is 0 Å². The Hall–Kier alpha value is -2.63. The van der Waals surface area contributed by atoms with Gasteiger partial charge in [0.25, 0.3) is 5.78 Å². The maximum Gasteiger partial charge on any atom is 0.254 e. The summed E-state index contributed by atoms with van der Waals surface area (Å²) >= 11 is 0. The minimum absolute atomic E-state index is 0.703. The standard InChI is InChI=1S/C20H26N6/c1-5-18-22-20-21-16(4)13-19(26(20)23-18)25-10-8-24(9-11-25)17-12-14(2)6-7-15(17)3/h6-7,12-13H,5,8-11H2,1-4H3. The molecule has 1 fully saturated rings. The van der Waals surface area contributed by atoms with Crippen molar-refractivity contribution >= 4 is 17.3 Å². The van der Waals surface area contributed by atoms with E-state index in [9.17, 15) is 0 Å². The van der Waals surface area contributed by atoms with Gasteiger partial charge < -0.3 is 9.80 Å². The van der Waals surface area contributed by atoms with E-state index < -0.39 is 0 Å². The summed E-state index contributed by atoms with van der Waals surface area (Å²) < 4.78 is 1.90. The first kappa shape index (κ1) is 16.8. The summed E-state index contributed by atoms with van der Waals surface area (Å²) in [4.78, 5) is 14.0. The maximum atomic E-state index is 4.64. The number of anilines is 2. The molecular formula is C20H26N6. The molecule has 4 rings (SSSR count). The molecule has 1 aliphatic rings. The number of hydrogen-bond acceptors (Lipinski definition) is 5. The molecule has 0 radical (unpaired) electrons. The number of nitrogens with zero attached hydrogens (tertiary/aromatic N) is 6. The van der Waals surface area contributed by atoms with Crippen LogP contribution in [-0.4, -0.2) is 45.8 Å². The van der Waals surface area contributed by atoms with Crippen molar-refractivity contribution in [2.45, 2.75) is 34.1 Å². The van der Waals surface area contributed by atoms with Gasteiger partial charge in [-0.2, -0.15) is 9.50 Å². The fourth-order valence-corrected chi connectivity index (χ4v) is 3.62. The molecule has 6 nitrogen and oxygen atoms in total. The van der Waals surface area contributed by atoms with Gasteiger partial charge in [-0.25, -0.2) is 4.98 Å². The van der Waals surface area contributed by atoms with E-state index in [1.54, 1.807) is 0 Å². The molecule has 1 aliphatic heterocycles. The second kappa shape index (κ2) is 6.59. The topological polar surface area (TPSA) is 49.6 Å². The maximum absolute atomic E-state index is 4.64. The third-order valence-corrected chi connectivity index (χ3v) is 5.09. The predicted molar refractivity (Wildman–Crippen MR) is 105 cm³/mol. The van der Waals surface area contributed by atoms with Gasteiger partial charge >= 0.3 is 0 Å². The molecule has 26 heavy (non-hydrogen) atoms. The Morgan fingerprint density at radius 2 is 1.65 bits per heavy atom. The lowest BCUT2D eigenvalue weighted by atomic mass is 10.1. The monoisotopic (exact) mass is 350 g/mol. The van der Waals surface area contributed by atoms with E-state index in [-0.39, 0.29) is 0 Å². The number of benzene rings is 1. The molecule has 2 aromatic heterocycles. The molecule has 0 N–H and O–H groups in total. The number of hydrogen-bond donors (Lipinski definition) is 0. The van der Waals surface area contributed by atoms with E-state index in [0.717, 1.165) is 49.9 Å². The van der Waals surface area contributed by atoms with Crippen molar-refractivity contribution in [1.82, 2.24) is 19.6 Å². The minimum atomic E-state index is 0.703. The highest BCUT2D eigenvalue weighted by atomic mass is 15.4. The van der Waals surface area contributed by atoms with Crippen molar-refractivity contribution in [2.75, 3.05) is 36.0 Å². The lowest BCUT2D eigenvalue weighted by Gasteiger charge is -2.38. The van der Waals surface area contributed by atoms with Crippen LogP contribution < -0.4 is 9.80 Å². The van der Waals surface area contributed by atoms with E-state index in [1.807, 2.05) is 11.4 Å². The smallest absolute Gasteiger partial charge is 0.254 e. The molecule has 0 amide bonds. The second-order valence-corrected chi connectivity index (χ2v) is 7.11. The summed E-state index contributed by atoms with van der Waals surface area (Å²) in [5.74, 6) is 2.65. The number of aromatic nitrogens is 4. The van der Waals surface area contributed by atoms with E-state index in [0.29, 0.717) is 5.78 Å². The average Bonchev–Trinajstić information content (AvgIpc) is 3.06. The summed E-state index contributed by atoms with van der Waals surface area (Å²) in [6, 6.07) is 8.81. The van der Waals surface area contributed by atoms with Gasteiger partial charge in [-0.15, -0.1) is 5.10 Å². The molecule has 0 atom stereocenters. The lowest BCUT2D eigenvalue weighted by molar-refractivity contribution is 0.636. The van der Waals surface area contributed by atoms with Crippen LogP contribution in [0.15, 0.2) is 24.3 Å². The van der Waals surface area contributed by atoms with E-state index >= 15 is 0 Å². The number of fused-ring (bicyclic) bond motifs is 1. The van der Waals surface area contributed by atoms with Crippen LogP contribution in [0.25, 0.3) is 5.78 Å². The zero-order valence-electron chi connectivity index (χ0n) is 16.0. The van der Waals surface area contributed by atoms with E-state index in [1.165, 1.54) is 16.8 Å². The fourth-order valence-electron chi connectivity index (χ4n) is 3.62. The molecule has 6 heteroatoms. The van der Waals surface area contributed by atoms with Crippen molar-refractivity contribution < 1.29 is 0 Å². The fraction of sp³-hybridized carbons (Fsp3) is 0.450. The van der Waals surface area contributed by atoms with Gasteiger partial charge in [0, 0.05) is 50.0 Å². The van der Waals surface area contributed by atoms with Gasteiger partial charge in [0.2, 0.25) is 0 Å². The molecule has 3 heterocycles. The molecule has 0 saturated carbocycles. The van der Waals surface area contributed by atoms with Crippen LogP contribution in [0.2, 0.25) is 0 Å². The highest BCUT2D eigenvalue weighted by Crippen LogP contribution is 2.25. The van der Waals surface area contributed by atoms with Crippen molar-refractivity contribution in [3.05, 3.63) is 46.9 Å². The van der Waals surface area contributed by atoms with E-state index in [2.05, 4.69) is 69.9 Å². The highest BCUT2D eigenvalue weighted by Gasteiger charge is 2.22. The van der Waals surface area contributed by atoms with E-state index in [4.69, 9.17) is 0 Å². The summed E-state index contributed by atoms with van der Waals surface area (Å²) in [6.07, 6.45) is 0.822. The van der Waals surface area contributed by atoms with Crippen LogP contribution in [0.3, 0.4) is 0 Å². The van der Waals surface area contributed by atoms with Crippen molar-refractivity contribution in [3.63, 3.8) is 0 Å². The molecule has 0 bridgehead atoms. The second-order valence-electron chi connectivity index (χ2n) is 7.11. The quantitative estimate of drug-likeness (QED) is 0.727. The summed E-state index contributed by atoms with van der Waals surface area (Å²) in [5.41, 5.74) is 5.00. The third-order valence-electron chi connectivity index (χ3n) is 5.09. The summed E-state index contributed by atoms with van der Waals surface area (Å²) in [5, 5.41) is 4.64. The normalized spacial score (nSPS) is 15.1. The molecule has 1 saturated heterocycles. The van der Waals surface area contributed by atoms with Crippen molar-refractivity contribution in [1.29, 1.82) is 0 Å². The van der Waals surface area contributed by atoms with Crippen LogP contribution in [0, 0.1) is 20.8 Å². The summed E-state index contributed by atoms with van der Waals surface area (Å²) in [7, 11) is 0. The van der Waals surface area contributed by atoms with Gasteiger partial charge in [-0.05, 0) is 38.0 Å². The zero-order valence-corrected chi connectivity index (χ0v) is 16.0. The van der Waals surface area contributed by atoms with Gasteiger partial charge in [-0.3, -0.25) is 0 Å². The Labute approximate surface area is 154 Å². The SMILES string of the molecule is CCc1nc2nc(C)cc(N3CCN(c4cc(C)ccc4C)CC3)n2n1. The van der Waals surface area contributed by atoms with Crippen LogP contribution in [0.4, 0.5) is 11.5 Å². The number of piperazine rings is 1. The number of rotatable bonds is 3. The zero-order chi connectivity index (χ0) is 18.3. The molecular weight excluding hydrogens is 324 g/mol. The molecule has 0 unspecified atom stereocenters. The summed E-state index contributed by atoms with van der Waals surface area (Å²) in [6.45, 7) is 12.4. The molecule has 3 aromatic rings. The first-order chi connectivity index (χ1) is 12.5. The average molecular weight is 350 g/mol. The van der Waals surface area contributed by atoms with Crippen LogP contribution in [-0.2, 0) is 6.42 Å². The Morgan fingerprint density at radius 3 is 2.38 bits per heavy atom. The van der Waals surface area contributed by atoms with Crippen LogP contribution >= 0.6 is 0 Å². The Balaban J connectivity index is 1.59. The molecule has 136 valence electrons. The largest absolute Gasteiger partial charge is 0.368 e. The first-order valence-corrected chi connectivity index (χ1v) is 9.35. The molecule has 1 aromatic carbocycles. The van der Waals surface area contributed by atoms with Crippen LogP contribution in [0.5, 0.6) is 0 Å². The number of aryl methyl sites for hydroxylation is 4. The van der Waals surface area contributed by atoms with Gasteiger partial charge in [0.15, 0.2) is 5.82 Å². The van der Waals surface area contributed by atoms with Gasteiger partial charge in [-0.1, -0.05) is 19.1 Å². The molecule has 0 spiro atoms. The first-order valence-electron chi connectivity index (χ1n) is 9.35. The molecule has 0 aliphatic carbocycles. The van der Waals surface area contributed by atoms with Crippen molar-refractivity contribution in [2.24, 2.45) is 0 Å². The third kappa shape index (κ3) is 3.00. The highest BCUT2D eigenvalue weighted by molar-refractivity contribution is 5.57. The van der Waals surface area contributed by atoms with Crippen molar-refractivity contribution in [3.8, 4) is 0 Å². The Morgan fingerprint density at radius 1 is 0.923 bits per heavy atom. The lowest BCUT2D eigenvalue weighted by Crippen LogP contribution is -2.47. The van der Waals surface area contributed by atoms with Crippen LogP contribution in [0.1, 0.15) is 29.6 Å². The Kier molecular flexibility index (Phi) is 4.26. The van der Waals surface area contributed by atoms with Gasteiger partial charge in [0.1, 0.15) is 5.82 Å².